The molecule has 0 unspecified atom stereocenters. The summed E-state index contributed by atoms with van der Waals surface area (Å²) >= 11 is 0. The number of ether oxygens (including phenoxy) is 3. The number of amides is 1. The van der Waals surface area contributed by atoms with Gasteiger partial charge >= 0.3 is 12.1 Å². The normalized spacial score (nSPS) is 11.9. The van der Waals surface area contributed by atoms with Crippen LogP contribution in [0.4, 0.5) is 4.79 Å². The SMILES string of the molecule is COC(=O)CN(CCN(C)S(=O)(=O)c1c(C)cc(OC)cc1C)C(=O)OC(C)(C)C. The van der Waals surface area contributed by atoms with Crippen molar-refractivity contribution in [2.45, 2.75) is 45.1 Å². The smallest absolute Gasteiger partial charge is 0.410 e. The number of hydrogen-bond donors (Lipinski definition) is 0. The lowest BCUT2D eigenvalue weighted by atomic mass is 10.1. The number of nitrogens with zero attached hydrogens (tertiary/aromatic N) is 2. The fourth-order valence-corrected chi connectivity index (χ4v) is 4.32. The highest BCUT2D eigenvalue weighted by Crippen LogP contribution is 2.27. The van der Waals surface area contributed by atoms with Crippen molar-refractivity contribution >= 4 is 22.1 Å². The van der Waals surface area contributed by atoms with Crippen LogP contribution in [0, 0.1) is 13.8 Å². The average molecular weight is 445 g/mol. The predicted molar refractivity (Wildman–Crippen MR) is 112 cm³/mol. The van der Waals surface area contributed by atoms with E-state index in [2.05, 4.69) is 4.74 Å². The monoisotopic (exact) mass is 444 g/mol. The van der Waals surface area contributed by atoms with Crippen molar-refractivity contribution in [1.29, 1.82) is 0 Å². The first-order valence-electron chi connectivity index (χ1n) is 9.39. The summed E-state index contributed by atoms with van der Waals surface area (Å²) in [4.78, 5) is 25.4. The van der Waals surface area contributed by atoms with Gasteiger partial charge in [0.2, 0.25) is 10.0 Å². The lowest BCUT2D eigenvalue weighted by Crippen LogP contribution is -2.44. The Kier molecular flexibility index (Phi) is 8.67. The third kappa shape index (κ3) is 6.88. The second-order valence-electron chi connectivity index (χ2n) is 7.89. The Hall–Kier alpha value is -2.33. The Balaban J connectivity index is 3.06. The molecule has 0 aliphatic carbocycles. The molecule has 0 bridgehead atoms. The van der Waals surface area contributed by atoms with Crippen LogP contribution in [-0.2, 0) is 24.3 Å². The summed E-state index contributed by atoms with van der Waals surface area (Å²) < 4.78 is 42.5. The summed E-state index contributed by atoms with van der Waals surface area (Å²) in [7, 11) is 0.312. The Morgan fingerprint density at radius 1 is 1.03 bits per heavy atom. The van der Waals surface area contributed by atoms with Crippen LogP contribution >= 0.6 is 0 Å². The first-order chi connectivity index (χ1) is 13.7. The minimum absolute atomic E-state index is 0.0382. The van der Waals surface area contributed by atoms with Gasteiger partial charge in [-0.3, -0.25) is 9.69 Å². The van der Waals surface area contributed by atoms with Crippen LogP contribution in [0.15, 0.2) is 17.0 Å². The summed E-state index contributed by atoms with van der Waals surface area (Å²) in [6, 6.07) is 3.30. The molecule has 0 aliphatic heterocycles. The number of aryl methyl sites for hydroxylation is 2. The molecule has 0 saturated heterocycles. The first kappa shape index (κ1) is 25.7. The van der Waals surface area contributed by atoms with Crippen LogP contribution < -0.4 is 4.74 Å². The van der Waals surface area contributed by atoms with Gasteiger partial charge in [0.05, 0.1) is 19.1 Å². The Morgan fingerprint density at radius 3 is 2.00 bits per heavy atom. The van der Waals surface area contributed by atoms with Crippen LogP contribution in [0.1, 0.15) is 31.9 Å². The number of carbonyl (C=O) groups is 2. The number of sulfonamides is 1. The lowest BCUT2D eigenvalue weighted by Gasteiger charge is -2.28. The fourth-order valence-electron chi connectivity index (χ4n) is 2.75. The molecule has 0 spiro atoms. The maximum absolute atomic E-state index is 13.1. The zero-order valence-corrected chi connectivity index (χ0v) is 19.8. The number of carbonyl (C=O) groups excluding carboxylic acids is 2. The number of methoxy groups -OCH3 is 2. The molecule has 0 N–H and O–H groups in total. The maximum atomic E-state index is 13.1. The molecule has 9 nitrogen and oxygen atoms in total. The van der Waals surface area contributed by atoms with Gasteiger partial charge in [0.25, 0.3) is 0 Å². The van der Waals surface area contributed by atoms with Gasteiger partial charge in [-0.2, -0.15) is 4.31 Å². The topological polar surface area (TPSA) is 102 Å². The molecule has 1 amide bonds. The maximum Gasteiger partial charge on any atom is 0.410 e. The fraction of sp³-hybridized carbons (Fsp3) is 0.600. The van der Waals surface area contributed by atoms with Crippen LogP contribution in [-0.4, -0.2) is 76.2 Å². The number of benzene rings is 1. The molecule has 170 valence electrons. The van der Waals surface area contributed by atoms with E-state index in [1.54, 1.807) is 46.8 Å². The van der Waals surface area contributed by atoms with Gasteiger partial charge in [-0.05, 0) is 57.9 Å². The summed E-state index contributed by atoms with van der Waals surface area (Å²) in [5.74, 6) is -0.0611. The van der Waals surface area contributed by atoms with Gasteiger partial charge in [-0.25, -0.2) is 13.2 Å². The number of likely N-dealkylation sites (N-methyl/N-ethyl adjacent to an activating group) is 1. The van der Waals surface area contributed by atoms with Crippen LogP contribution in [0.3, 0.4) is 0 Å². The van der Waals surface area contributed by atoms with Crippen molar-refractivity contribution in [1.82, 2.24) is 9.21 Å². The molecule has 0 fully saturated rings. The third-order valence-electron chi connectivity index (χ3n) is 4.22. The largest absolute Gasteiger partial charge is 0.497 e. The molecule has 0 heterocycles. The molecular weight excluding hydrogens is 412 g/mol. The second-order valence-corrected chi connectivity index (χ2v) is 9.88. The van der Waals surface area contributed by atoms with E-state index < -0.39 is 27.7 Å². The van der Waals surface area contributed by atoms with E-state index in [9.17, 15) is 18.0 Å². The van der Waals surface area contributed by atoms with E-state index in [1.165, 1.54) is 21.3 Å². The predicted octanol–water partition coefficient (Wildman–Crippen LogP) is 2.34. The van der Waals surface area contributed by atoms with Crippen molar-refractivity contribution in [2.75, 3.05) is 40.9 Å². The van der Waals surface area contributed by atoms with E-state index >= 15 is 0 Å². The summed E-state index contributed by atoms with van der Waals surface area (Å²) in [6.07, 6.45) is -0.726. The highest BCUT2D eigenvalue weighted by molar-refractivity contribution is 7.89. The quantitative estimate of drug-likeness (QED) is 0.567. The molecule has 1 aromatic carbocycles. The molecule has 0 saturated carbocycles. The van der Waals surface area contributed by atoms with Gasteiger partial charge in [-0.1, -0.05) is 0 Å². The van der Waals surface area contributed by atoms with E-state index in [1.807, 2.05) is 0 Å². The van der Waals surface area contributed by atoms with Crippen molar-refractivity contribution in [2.24, 2.45) is 0 Å². The van der Waals surface area contributed by atoms with Crippen molar-refractivity contribution < 1.29 is 32.2 Å². The van der Waals surface area contributed by atoms with Gasteiger partial charge in [0, 0.05) is 20.1 Å². The zero-order valence-electron chi connectivity index (χ0n) is 18.9. The number of esters is 1. The summed E-state index contributed by atoms with van der Waals surface area (Å²) in [5, 5.41) is 0. The van der Waals surface area contributed by atoms with Crippen molar-refractivity contribution in [3.63, 3.8) is 0 Å². The van der Waals surface area contributed by atoms with Crippen LogP contribution in [0.2, 0.25) is 0 Å². The molecule has 30 heavy (non-hydrogen) atoms. The highest BCUT2D eigenvalue weighted by Gasteiger charge is 2.28. The Bertz CT molecular complexity index is 853. The number of hydrogen-bond acceptors (Lipinski definition) is 7. The molecule has 10 heteroatoms. The number of rotatable bonds is 8. The molecule has 1 aromatic rings. The molecular formula is C20H32N2O7S. The Labute approximate surface area is 178 Å². The standard InChI is InChI=1S/C20H32N2O7S/c1-14-11-16(27-7)12-15(2)18(14)30(25,26)21(6)9-10-22(13-17(23)28-8)19(24)29-20(3,4)5/h11-12H,9-10,13H2,1-8H3. The van der Waals surface area contributed by atoms with E-state index in [4.69, 9.17) is 9.47 Å². The van der Waals surface area contributed by atoms with E-state index in [0.29, 0.717) is 16.9 Å². The van der Waals surface area contributed by atoms with Gasteiger partial charge in [-0.15, -0.1) is 0 Å². The van der Waals surface area contributed by atoms with Gasteiger partial charge in [0.15, 0.2) is 0 Å². The van der Waals surface area contributed by atoms with Gasteiger partial charge < -0.3 is 14.2 Å². The molecule has 0 radical (unpaired) electrons. The van der Waals surface area contributed by atoms with E-state index in [-0.39, 0.29) is 24.5 Å². The average Bonchev–Trinajstić information content (AvgIpc) is 2.61. The summed E-state index contributed by atoms with van der Waals surface area (Å²) in [6.45, 7) is 8.06. The van der Waals surface area contributed by atoms with Gasteiger partial charge in [0.1, 0.15) is 17.9 Å². The van der Waals surface area contributed by atoms with Crippen molar-refractivity contribution in [3.05, 3.63) is 23.3 Å². The van der Waals surface area contributed by atoms with E-state index in [0.717, 1.165) is 9.21 Å². The molecule has 0 aromatic heterocycles. The van der Waals surface area contributed by atoms with Crippen LogP contribution in [0.5, 0.6) is 5.75 Å². The molecule has 0 atom stereocenters. The molecule has 0 aliphatic rings. The third-order valence-corrected chi connectivity index (χ3v) is 6.39. The minimum atomic E-state index is -3.83. The summed E-state index contributed by atoms with van der Waals surface area (Å²) in [5.41, 5.74) is 0.343. The molecule has 1 rings (SSSR count). The Morgan fingerprint density at radius 2 is 1.57 bits per heavy atom. The zero-order chi connectivity index (χ0) is 23.3. The van der Waals surface area contributed by atoms with Crippen molar-refractivity contribution in [3.8, 4) is 5.75 Å². The van der Waals surface area contributed by atoms with Crippen LogP contribution in [0.25, 0.3) is 0 Å². The minimum Gasteiger partial charge on any atom is -0.497 e. The second kappa shape index (κ2) is 10.1. The lowest BCUT2D eigenvalue weighted by molar-refractivity contribution is -0.141. The highest BCUT2D eigenvalue weighted by atomic mass is 32.2. The first-order valence-corrected chi connectivity index (χ1v) is 10.8.